The lowest BCUT2D eigenvalue weighted by Crippen LogP contribution is -2.28. The summed E-state index contributed by atoms with van der Waals surface area (Å²) >= 11 is 1.35. The predicted octanol–water partition coefficient (Wildman–Crippen LogP) is 3.58. The summed E-state index contributed by atoms with van der Waals surface area (Å²) in [5.41, 5.74) is 2.40. The van der Waals surface area contributed by atoms with Gasteiger partial charge in [-0.25, -0.2) is 4.98 Å². The molecule has 2 aliphatic heterocycles. The van der Waals surface area contributed by atoms with Gasteiger partial charge in [0.05, 0.1) is 18.7 Å². The molecular weight excluding hydrogens is 430 g/mol. The first-order valence-corrected chi connectivity index (χ1v) is 11.1. The Morgan fingerprint density at radius 3 is 2.72 bits per heavy atom. The van der Waals surface area contributed by atoms with E-state index in [1.165, 1.54) is 11.3 Å². The Bertz CT molecular complexity index is 1160. The first-order valence-electron chi connectivity index (χ1n) is 10.2. The SMILES string of the molecule is COc1ccc(-c2csc(NC(=O)[C@H]3CC(=O)N(c4ccc5c(c4)OCCO5)C3)n2)cc1. The minimum absolute atomic E-state index is 0.0973. The van der Waals surface area contributed by atoms with Gasteiger partial charge < -0.3 is 24.4 Å². The highest BCUT2D eigenvalue weighted by Crippen LogP contribution is 2.36. The van der Waals surface area contributed by atoms with Gasteiger partial charge in [-0.3, -0.25) is 9.59 Å². The summed E-state index contributed by atoms with van der Waals surface area (Å²) < 4.78 is 16.3. The quantitative estimate of drug-likeness (QED) is 0.638. The molecule has 1 atom stereocenters. The van der Waals surface area contributed by atoms with Gasteiger partial charge in [-0.2, -0.15) is 0 Å². The van der Waals surface area contributed by atoms with Crippen LogP contribution in [0.1, 0.15) is 6.42 Å². The highest BCUT2D eigenvalue weighted by atomic mass is 32.1. The monoisotopic (exact) mass is 451 g/mol. The molecular formula is C23H21N3O5S. The van der Waals surface area contributed by atoms with Crippen molar-refractivity contribution in [2.75, 3.05) is 37.1 Å². The van der Waals surface area contributed by atoms with Crippen molar-refractivity contribution >= 4 is 34.0 Å². The van der Waals surface area contributed by atoms with Gasteiger partial charge in [0.2, 0.25) is 11.8 Å². The van der Waals surface area contributed by atoms with E-state index in [0.717, 1.165) is 17.0 Å². The Kier molecular flexibility index (Phi) is 5.40. The molecule has 1 aromatic heterocycles. The number of methoxy groups -OCH3 is 1. The second kappa shape index (κ2) is 8.51. The number of carbonyl (C=O) groups is 2. The molecule has 0 spiro atoms. The molecule has 2 amide bonds. The van der Waals surface area contributed by atoms with Crippen molar-refractivity contribution in [3.63, 3.8) is 0 Å². The lowest BCUT2D eigenvalue weighted by Gasteiger charge is -2.22. The molecule has 164 valence electrons. The molecule has 3 heterocycles. The minimum Gasteiger partial charge on any atom is -0.497 e. The number of hydrogen-bond donors (Lipinski definition) is 1. The van der Waals surface area contributed by atoms with Crippen LogP contribution in [0.3, 0.4) is 0 Å². The summed E-state index contributed by atoms with van der Waals surface area (Å²) in [5.74, 6) is 1.28. The van der Waals surface area contributed by atoms with Crippen LogP contribution in [0.25, 0.3) is 11.3 Å². The molecule has 0 bridgehead atoms. The number of hydrogen-bond acceptors (Lipinski definition) is 7. The smallest absolute Gasteiger partial charge is 0.231 e. The number of benzene rings is 2. The average molecular weight is 452 g/mol. The van der Waals surface area contributed by atoms with Crippen LogP contribution in [0.15, 0.2) is 47.8 Å². The molecule has 8 nitrogen and oxygen atoms in total. The third-order valence-electron chi connectivity index (χ3n) is 5.45. The third kappa shape index (κ3) is 3.99. The van der Waals surface area contributed by atoms with Gasteiger partial charge in [0.15, 0.2) is 16.6 Å². The van der Waals surface area contributed by atoms with Gasteiger partial charge >= 0.3 is 0 Å². The molecule has 0 unspecified atom stereocenters. The number of thiazole rings is 1. The van der Waals surface area contributed by atoms with Crippen molar-refractivity contribution in [2.45, 2.75) is 6.42 Å². The van der Waals surface area contributed by atoms with Gasteiger partial charge in [0.25, 0.3) is 0 Å². The fourth-order valence-corrected chi connectivity index (χ4v) is 4.49. The van der Waals surface area contributed by atoms with E-state index in [2.05, 4.69) is 10.3 Å². The number of amides is 2. The van der Waals surface area contributed by atoms with Crippen LogP contribution in [-0.4, -0.2) is 43.7 Å². The van der Waals surface area contributed by atoms with Crippen LogP contribution in [0.2, 0.25) is 0 Å². The third-order valence-corrected chi connectivity index (χ3v) is 6.21. The first-order chi connectivity index (χ1) is 15.6. The number of ether oxygens (including phenoxy) is 3. The molecule has 1 N–H and O–H groups in total. The van der Waals surface area contributed by atoms with Crippen molar-refractivity contribution in [2.24, 2.45) is 5.92 Å². The summed E-state index contributed by atoms with van der Waals surface area (Å²) in [6.45, 7) is 1.29. The maximum absolute atomic E-state index is 12.8. The van der Waals surface area contributed by atoms with Gasteiger partial charge in [-0.05, 0) is 36.4 Å². The van der Waals surface area contributed by atoms with E-state index in [0.29, 0.717) is 42.1 Å². The van der Waals surface area contributed by atoms with Crippen LogP contribution in [0.5, 0.6) is 17.2 Å². The van der Waals surface area contributed by atoms with Gasteiger partial charge in [-0.15, -0.1) is 11.3 Å². The zero-order valence-electron chi connectivity index (χ0n) is 17.4. The van der Waals surface area contributed by atoms with E-state index < -0.39 is 5.92 Å². The lowest BCUT2D eigenvalue weighted by molar-refractivity contribution is -0.122. The molecule has 3 aromatic rings. The van der Waals surface area contributed by atoms with Crippen LogP contribution < -0.4 is 24.4 Å². The number of carbonyl (C=O) groups excluding carboxylic acids is 2. The summed E-state index contributed by atoms with van der Waals surface area (Å²) in [7, 11) is 1.62. The van der Waals surface area contributed by atoms with E-state index in [1.807, 2.05) is 35.7 Å². The van der Waals surface area contributed by atoms with Crippen LogP contribution in [-0.2, 0) is 9.59 Å². The molecule has 9 heteroatoms. The summed E-state index contributed by atoms with van der Waals surface area (Å²) in [4.78, 5) is 31.5. The Balaban J connectivity index is 1.25. The standard InChI is InChI=1S/C23H21N3O5S/c1-29-17-5-2-14(3-6-17)18-13-32-23(24-18)25-22(28)15-10-21(27)26(12-15)16-4-7-19-20(11-16)31-9-8-30-19/h2-7,11,13,15H,8-10,12H2,1H3,(H,24,25,28)/t15-/m0/s1. The fourth-order valence-electron chi connectivity index (χ4n) is 3.77. The zero-order valence-corrected chi connectivity index (χ0v) is 18.2. The zero-order chi connectivity index (χ0) is 22.1. The second-order valence-electron chi connectivity index (χ2n) is 7.49. The summed E-state index contributed by atoms with van der Waals surface area (Å²) in [6.07, 6.45) is 0.150. The minimum atomic E-state index is -0.455. The van der Waals surface area contributed by atoms with Gasteiger partial charge in [0, 0.05) is 35.7 Å². The Morgan fingerprint density at radius 2 is 1.94 bits per heavy atom. The van der Waals surface area contributed by atoms with Crippen molar-refractivity contribution in [3.05, 3.63) is 47.8 Å². The molecule has 2 aliphatic rings. The largest absolute Gasteiger partial charge is 0.497 e. The molecule has 5 rings (SSSR count). The number of aromatic nitrogens is 1. The molecule has 32 heavy (non-hydrogen) atoms. The predicted molar refractivity (Wildman–Crippen MR) is 121 cm³/mol. The van der Waals surface area contributed by atoms with Crippen molar-refractivity contribution in [1.29, 1.82) is 0 Å². The summed E-state index contributed by atoms with van der Waals surface area (Å²) in [5, 5.41) is 5.25. The topological polar surface area (TPSA) is 90.0 Å². The van der Waals surface area contributed by atoms with Crippen molar-refractivity contribution in [1.82, 2.24) is 4.98 Å². The molecule has 0 radical (unpaired) electrons. The molecule has 2 aromatic carbocycles. The van der Waals surface area contributed by atoms with E-state index in [-0.39, 0.29) is 18.2 Å². The molecule has 1 fully saturated rings. The van der Waals surface area contributed by atoms with E-state index in [4.69, 9.17) is 14.2 Å². The number of nitrogens with one attached hydrogen (secondary N) is 1. The van der Waals surface area contributed by atoms with Gasteiger partial charge in [0.1, 0.15) is 19.0 Å². The van der Waals surface area contributed by atoms with E-state index in [9.17, 15) is 9.59 Å². The van der Waals surface area contributed by atoms with E-state index in [1.54, 1.807) is 24.1 Å². The summed E-state index contributed by atoms with van der Waals surface area (Å²) in [6, 6.07) is 13.0. The molecule has 1 saturated heterocycles. The lowest BCUT2D eigenvalue weighted by atomic mass is 10.1. The maximum Gasteiger partial charge on any atom is 0.231 e. The van der Waals surface area contributed by atoms with Crippen molar-refractivity contribution in [3.8, 4) is 28.5 Å². The fraction of sp³-hybridized carbons (Fsp3) is 0.261. The molecule has 0 saturated carbocycles. The van der Waals surface area contributed by atoms with E-state index >= 15 is 0 Å². The second-order valence-corrected chi connectivity index (χ2v) is 8.35. The number of fused-ring (bicyclic) bond motifs is 1. The van der Waals surface area contributed by atoms with Crippen LogP contribution in [0.4, 0.5) is 10.8 Å². The first kappa shape index (κ1) is 20.3. The Hall–Kier alpha value is -3.59. The van der Waals surface area contributed by atoms with Crippen LogP contribution >= 0.6 is 11.3 Å². The highest BCUT2D eigenvalue weighted by Gasteiger charge is 2.36. The number of nitrogens with zero attached hydrogens (tertiary/aromatic N) is 2. The maximum atomic E-state index is 12.8. The highest BCUT2D eigenvalue weighted by molar-refractivity contribution is 7.14. The van der Waals surface area contributed by atoms with Crippen molar-refractivity contribution < 1.29 is 23.8 Å². The number of anilines is 2. The Morgan fingerprint density at radius 1 is 1.16 bits per heavy atom. The number of rotatable bonds is 5. The Labute approximate surface area is 188 Å². The average Bonchev–Trinajstić information content (AvgIpc) is 3.45. The van der Waals surface area contributed by atoms with Gasteiger partial charge in [-0.1, -0.05) is 0 Å². The normalized spacial score (nSPS) is 17.3. The van der Waals surface area contributed by atoms with Crippen LogP contribution in [0, 0.1) is 5.92 Å². The molecule has 0 aliphatic carbocycles.